The Morgan fingerprint density at radius 3 is 2.20 bits per heavy atom. The van der Waals surface area contributed by atoms with Crippen LogP contribution in [-0.4, -0.2) is 7.11 Å². The van der Waals surface area contributed by atoms with E-state index in [9.17, 15) is 0 Å². The lowest BCUT2D eigenvalue weighted by Gasteiger charge is -2.06. The highest BCUT2D eigenvalue weighted by molar-refractivity contribution is 6.30. The molecule has 0 aliphatic heterocycles. The first-order chi connectivity index (χ1) is 9.74. The van der Waals surface area contributed by atoms with Crippen molar-refractivity contribution in [3.8, 4) is 5.75 Å². The molecule has 3 aromatic rings. The van der Waals surface area contributed by atoms with Gasteiger partial charge in [-0.05, 0) is 52.6 Å². The molecule has 0 fully saturated rings. The highest BCUT2D eigenvalue weighted by Gasteiger charge is 2.00. The maximum atomic E-state index is 5.91. The van der Waals surface area contributed by atoms with E-state index in [0.29, 0.717) is 0 Å². The number of halogens is 1. The standard InChI is InChI=1S/C18H15ClO/c1-20-18-9-6-15-11-14(2-5-16(15)12-18)10-13-3-7-17(19)8-4-13/h2-9,11-12H,10H2,1H3. The SMILES string of the molecule is COc1ccc2cc(Cc3ccc(Cl)cc3)ccc2c1. The molecular formula is C18H15ClO. The lowest BCUT2D eigenvalue weighted by molar-refractivity contribution is 0.415. The third kappa shape index (κ3) is 2.78. The van der Waals surface area contributed by atoms with Gasteiger partial charge in [-0.25, -0.2) is 0 Å². The van der Waals surface area contributed by atoms with Crippen molar-refractivity contribution in [2.24, 2.45) is 0 Å². The summed E-state index contributed by atoms with van der Waals surface area (Å²) in [5.41, 5.74) is 2.56. The van der Waals surface area contributed by atoms with Crippen LogP contribution in [0.3, 0.4) is 0 Å². The summed E-state index contributed by atoms with van der Waals surface area (Å²) in [4.78, 5) is 0. The fraction of sp³-hybridized carbons (Fsp3) is 0.111. The summed E-state index contributed by atoms with van der Waals surface area (Å²) in [7, 11) is 1.69. The lowest BCUT2D eigenvalue weighted by atomic mass is 10.0. The minimum atomic E-state index is 0.777. The Labute approximate surface area is 123 Å². The molecule has 20 heavy (non-hydrogen) atoms. The molecule has 0 aliphatic carbocycles. The molecule has 0 atom stereocenters. The topological polar surface area (TPSA) is 9.23 Å². The van der Waals surface area contributed by atoms with Gasteiger partial charge in [0.05, 0.1) is 7.11 Å². The van der Waals surface area contributed by atoms with E-state index in [0.717, 1.165) is 17.2 Å². The predicted octanol–water partition coefficient (Wildman–Crippen LogP) is 5.09. The Balaban J connectivity index is 1.90. The first-order valence-electron chi connectivity index (χ1n) is 6.56. The van der Waals surface area contributed by atoms with Crippen molar-refractivity contribution in [3.05, 3.63) is 76.8 Å². The van der Waals surface area contributed by atoms with E-state index >= 15 is 0 Å². The van der Waals surface area contributed by atoms with Crippen LogP contribution in [0.4, 0.5) is 0 Å². The van der Waals surface area contributed by atoms with Gasteiger partial charge in [0.25, 0.3) is 0 Å². The van der Waals surface area contributed by atoms with E-state index in [1.165, 1.54) is 21.9 Å². The molecule has 0 N–H and O–H groups in total. The predicted molar refractivity (Wildman–Crippen MR) is 84.8 cm³/mol. The lowest BCUT2D eigenvalue weighted by Crippen LogP contribution is -1.88. The van der Waals surface area contributed by atoms with E-state index < -0.39 is 0 Å². The van der Waals surface area contributed by atoms with E-state index in [-0.39, 0.29) is 0 Å². The molecule has 0 bridgehead atoms. The molecule has 1 nitrogen and oxygen atoms in total. The van der Waals surface area contributed by atoms with E-state index in [2.05, 4.69) is 42.5 Å². The van der Waals surface area contributed by atoms with Crippen LogP contribution in [0.2, 0.25) is 5.02 Å². The van der Waals surface area contributed by atoms with Crippen LogP contribution in [0, 0.1) is 0 Å². The van der Waals surface area contributed by atoms with Crippen LogP contribution in [-0.2, 0) is 6.42 Å². The molecule has 0 aliphatic rings. The van der Waals surface area contributed by atoms with Gasteiger partial charge in [-0.15, -0.1) is 0 Å². The molecule has 0 aromatic heterocycles. The van der Waals surface area contributed by atoms with Gasteiger partial charge < -0.3 is 4.74 Å². The van der Waals surface area contributed by atoms with Gasteiger partial charge in [0.2, 0.25) is 0 Å². The molecule has 0 saturated heterocycles. The van der Waals surface area contributed by atoms with Crippen LogP contribution >= 0.6 is 11.6 Å². The number of fused-ring (bicyclic) bond motifs is 1. The summed E-state index contributed by atoms with van der Waals surface area (Å²) in [5, 5.41) is 3.21. The van der Waals surface area contributed by atoms with Crippen molar-refractivity contribution in [2.75, 3.05) is 7.11 Å². The number of ether oxygens (including phenoxy) is 1. The third-order valence-electron chi connectivity index (χ3n) is 3.43. The van der Waals surface area contributed by atoms with Gasteiger partial charge in [0.15, 0.2) is 0 Å². The minimum Gasteiger partial charge on any atom is -0.497 e. The maximum absolute atomic E-state index is 5.91. The highest BCUT2D eigenvalue weighted by atomic mass is 35.5. The molecule has 0 radical (unpaired) electrons. The van der Waals surface area contributed by atoms with Gasteiger partial charge in [-0.1, -0.05) is 48.0 Å². The number of hydrogen-bond donors (Lipinski definition) is 0. The molecule has 100 valence electrons. The summed E-state index contributed by atoms with van der Waals surface area (Å²) in [6.45, 7) is 0. The van der Waals surface area contributed by atoms with Crippen LogP contribution in [0.15, 0.2) is 60.7 Å². The molecule has 3 aromatic carbocycles. The number of hydrogen-bond acceptors (Lipinski definition) is 1. The second kappa shape index (κ2) is 5.56. The smallest absolute Gasteiger partial charge is 0.119 e. The summed E-state index contributed by atoms with van der Waals surface area (Å²) >= 11 is 5.91. The van der Waals surface area contributed by atoms with Crippen molar-refractivity contribution in [1.82, 2.24) is 0 Å². The van der Waals surface area contributed by atoms with Gasteiger partial charge in [-0.3, -0.25) is 0 Å². The average molecular weight is 283 g/mol. The van der Waals surface area contributed by atoms with Gasteiger partial charge in [0, 0.05) is 5.02 Å². The number of rotatable bonds is 3. The van der Waals surface area contributed by atoms with Crippen molar-refractivity contribution >= 4 is 22.4 Å². The first-order valence-corrected chi connectivity index (χ1v) is 6.93. The number of benzene rings is 3. The third-order valence-corrected chi connectivity index (χ3v) is 3.69. The zero-order valence-corrected chi connectivity index (χ0v) is 12.0. The molecule has 3 rings (SSSR count). The van der Waals surface area contributed by atoms with Crippen molar-refractivity contribution in [3.63, 3.8) is 0 Å². The second-order valence-electron chi connectivity index (χ2n) is 4.85. The monoisotopic (exact) mass is 282 g/mol. The molecule has 0 amide bonds. The summed E-state index contributed by atoms with van der Waals surface area (Å²) in [6, 6.07) is 20.7. The van der Waals surface area contributed by atoms with Gasteiger partial charge >= 0.3 is 0 Å². The van der Waals surface area contributed by atoms with Crippen LogP contribution in [0.25, 0.3) is 10.8 Å². The summed E-state index contributed by atoms with van der Waals surface area (Å²) in [5.74, 6) is 0.892. The minimum absolute atomic E-state index is 0.777. The Morgan fingerprint density at radius 2 is 1.45 bits per heavy atom. The molecular weight excluding hydrogens is 268 g/mol. The van der Waals surface area contributed by atoms with Crippen LogP contribution < -0.4 is 4.74 Å². The average Bonchev–Trinajstić information content (AvgIpc) is 2.49. The largest absolute Gasteiger partial charge is 0.497 e. The number of methoxy groups -OCH3 is 1. The molecule has 0 heterocycles. The van der Waals surface area contributed by atoms with Gasteiger partial charge in [-0.2, -0.15) is 0 Å². The molecule has 0 saturated carbocycles. The normalized spacial score (nSPS) is 10.7. The van der Waals surface area contributed by atoms with Crippen molar-refractivity contribution < 1.29 is 4.74 Å². The Morgan fingerprint density at radius 1 is 0.800 bits per heavy atom. The summed E-state index contributed by atoms with van der Waals surface area (Å²) < 4.78 is 5.25. The van der Waals surface area contributed by atoms with E-state index in [1.54, 1.807) is 7.11 Å². The summed E-state index contributed by atoms with van der Waals surface area (Å²) in [6.07, 6.45) is 0.916. The zero-order valence-electron chi connectivity index (χ0n) is 11.3. The highest BCUT2D eigenvalue weighted by Crippen LogP contribution is 2.23. The quantitative estimate of drug-likeness (QED) is 0.650. The first kappa shape index (κ1) is 13.0. The fourth-order valence-corrected chi connectivity index (χ4v) is 2.47. The van der Waals surface area contributed by atoms with Crippen LogP contribution in [0.1, 0.15) is 11.1 Å². The van der Waals surface area contributed by atoms with E-state index in [4.69, 9.17) is 16.3 Å². The second-order valence-corrected chi connectivity index (χ2v) is 5.29. The van der Waals surface area contributed by atoms with Crippen molar-refractivity contribution in [1.29, 1.82) is 0 Å². The van der Waals surface area contributed by atoms with Gasteiger partial charge in [0.1, 0.15) is 5.75 Å². The Hall–Kier alpha value is -1.99. The molecule has 0 spiro atoms. The molecule has 0 unspecified atom stereocenters. The van der Waals surface area contributed by atoms with Crippen LogP contribution in [0.5, 0.6) is 5.75 Å². The molecule has 2 heteroatoms. The maximum Gasteiger partial charge on any atom is 0.119 e. The Bertz CT molecular complexity index is 732. The van der Waals surface area contributed by atoms with Crippen molar-refractivity contribution in [2.45, 2.75) is 6.42 Å². The van der Waals surface area contributed by atoms with E-state index in [1.807, 2.05) is 18.2 Å². The zero-order chi connectivity index (χ0) is 13.9. The Kier molecular flexibility index (Phi) is 3.62. The fourth-order valence-electron chi connectivity index (χ4n) is 2.35.